The predicted octanol–water partition coefficient (Wildman–Crippen LogP) is 2.66. The van der Waals surface area contributed by atoms with Crippen molar-refractivity contribution in [3.8, 4) is 0 Å². The Hall–Kier alpha value is -1.09. The molecule has 0 radical (unpaired) electrons. The highest BCUT2D eigenvalue weighted by atomic mass is 19.1. The minimum Gasteiger partial charge on any atom is -0.385 e. The monoisotopic (exact) mass is 197 g/mol. The van der Waals surface area contributed by atoms with E-state index in [4.69, 9.17) is 4.74 Å². The first-order chi connectivity index (χ1) is 6.72. The summed E-state index contributed by atoms with van der Waals surface area (Å²) in [6, 6.07) is 6.70. The van der Waals surface area contributed by atoms with E-state index in [1.165, 1.54) is 12.1 Å². The Morgan fingerprint density at radius 1 is 1.36 bits per heavy atom. The molecule has 2 nitrogen and oxygen atoms in total. The van der Waals surface area contributed by atoms with Crippen molar-refractivity contribution in [3.05, 3.63) is 30.1 Å². The summed E-state index contributed by atoms with van der Waals surface area (Å²) in [6.45, 7) is 2.80. The van der Waals surface area contributed by atoms with Gasteiger partial charge in [-0.05, 0) is 37.6 Å². The summed E-state index contributed by atoms with van der Waals surface area (Å²) in [5.41, 5.74) is 0.940. The molecule has 1 aromatic rings. The zero-order chi connectivity index (χ0) is 10.4. The molecule has 1 aromatic carbocycles. The number of anilines is 1. The molecule has 0 aliphatic rings. The van der Waals surface area contributed by atoms with Crippen LogP contribution in [0, 0.1) is 5.82 Å². The second kappa shape index (κ2) is 5.60. The van der Waals surface area contributed by atoms with Crippen molar-refractivity contribution in [3.63, 3.8) is 0 Å². The summed E-state index contributed by atoms with van der Waals surface area (Å²) >= 11 is 0. The fourth-order valence-corrected chi connectivity index (χ4v) is 1.20. The predicted molar refractivity (Wildman–Crippen MR) is 56.0 cm³/mol. The van der Waals surface area contributed by atoms with Gasteiger partial charge >= 0.3 is 0 Å². The average Bonchev–Trinajstić information content (AvgIpc) is 2.18. The van der Waals surface area contributed by atoms with Crippen molar-refractivity contribution in [2.45, 2.75) is 19.4 Å². The largest absolute Gasteiger partial charge is 0.385 e. The second-order valence-corrected chi connectivity index (χ2v) is 3.33. The molecule has 0 heterocycles. The molecule has 78 valence electrons. The zero-order valence-corrected chi connectivity index (χ0v) is 8.59. The van der Waals surface area contributed by atoms with Crippen molar-refractivity contribution < 1.29 is 9.13 Å². The molecule has 14 heavy (non-hydrogen) atoms. The highest BCUT2D eigenvalue weighted by Crippen LogP contribution is 2.10. The molecule has 1 unspecified atom stereocenters. The van der Waals surface area contributed by atoms with Gasteiger partial charge in [-0.1, -0.05) is 0 Å². The summed E-state index contributed by atoms with van der Waals surface area (Å²) in [4.78, 5) is 0. The maximum Gasteiger partial charge on any atom is 0.123 e. The van der Waals surface area contributed by atoms with Crippen LogP contribution in [0.2, 0.25) is 0 Å². The standard InChI is InChI=1S/C11H16FNO/c1-9(7-8-14-2)13-11-5-3-10(12)4-6-11/h3-6,9,13H,7-8H2,1-2H3. The number of rotatable bonds is 5. The van der Waals surface area contributed by atoms with Crippen molar-refractivity contribution in [2.75, 3.05) is 19.0 Å². The van der Waals surface area contributed by atoms with E-state index in [9.17, 15) is 4.39 Å². The third-order valence-corrected chi connectivity index (χ3v) is 2.01. The third kappa shape index (κ3) is 3.75. The van der Waals surface area contributed by atoms with Crippen LogP contribution in [0.15, 0.2) is 24.3 Å². The van der Waals surface area contributed by atoms with Crippen molar-refractivity contribution in [1.29, 1.82) is 0 Å². The van der Waals surface area contributed by atoms with E-state index in [1.807, 2.05) is 0 Å². The van der Waals surface area contributed by atoms with E-state index >= 15 is 0 Å². The molecule has 1 N–H and O–H groups in total. The van der Waals surface area contributed by atoms with Crippen LogP contribution in [0.4, 0.5) is 10.1 Å². The van der Waals surface area contributed by atoms with Crippen LogP contribution in [-0.2, 0) is 4.74 Å². The molecule has 1 atom stereocenters. The Morgan fingerprint density at radius 3 is 2.57 bits per heavy atom. The van der Waals surface area contributed by atoms with Crippen LogP contribution in [0.1, 0.15) is 13.3 Å². The van der Waals surface area contributed by atoms with Crippen molar-refractivity contribution in [2.24, 2.45) is 0 Å². The maximum absolute atomic E-state index is 12.6. The molecule has 1 rings (SSSR count). The van der Waals surface area contributed by atoms with Crippen LogP contribution in [0.5, 0.6) is 0 Å². The van der Waals surface area contributed by atoms with E-state index in [-0.39, 0.29) is 5.82 Å². The van der Waals surface area contributed by atoms with Crippen LogP contribution in [0.25, 0.3) is 0 Å². The molecule has 0 aliphatic heterocycles. The zero-order valence-electron chi connectivity index (χ0n) is 8.59. The van der Waals surface area contributed by atoms with Crippen molar-refractivity contribution >= 4 is 5.69 Å². The number of methoxy groups -OCH3 is 1. The highest BCUT2D eigenvalue weighted by Gasteiger charge is 2.01. The van der Waals surface area contributed by atoms with Gasteiger partial charge in [0.1, 0.15) is 5.82 Å². The Kier molecular flexibility index (Phi) is 4.40. The van der Waals surface area contributed by atoms with Gasteiger partial charge in [-0.25, -0.2) is 4.39 Å². The molecular weight excluding hydrogens is 181 g/mol. The number of nitrogens with one attached hydrogen (secondary N) is 1. The lowest BCUT2D eigenvalue weighted by atomic mass is 10.2. The average molecular weight is 197 g/mol. The van der Waals surface area contributed by atoms with Gasteiger partial charge in [0.2, 0.25) is 0 Å². The lowest BCUT2D eigenvalue weighted by molar-refractivity contribution is 0.191. The normalized spacial score (nSPS) is 12.5. The number of hydrogen-bond acceptors (Lipinski definition) is 2. The van der Waals surface area contributed by atoms with Gasteiger partial charge in [0, 0.05) is 25.4 Å². The topological polar surface area (TPSA) is 21.3 Å². The van der Waals surface area contributed by atoms with Gasteiger partial charge < -0.3 is 10.1 Å². The smallest absolute Gasteiger partial charge is 0.123 e. The quantitative estimate of drug-likeness (QED) is 0.783. The van der Waals surface area contributed by atoms with Gasteiger partial charge in [-0.2, -0.15) is 0 Å². The fourth-order valence-electron chi connectivity index (χ4n) is 1.20. The Balaban J connectivity index is 2.39. The van der Waals surface area contributed by atoms with Crippen LogP contribution in [0.3, 0.4) is 0 Å². The van der Waals surface area contributed by atoms with Gasteiger partial charge in [-0.3, -0.25) is 0 Å². The first-order valence-corrected chi connectivity index (χ1v) is 4.73. The molecule has 0 amide bonds. The SMILES string of the molecule is COCCC(C)Nc1ccc(F)cc1. The number of benzene rings is 1. The molecule has 3 heteroatoms. The van der Waals surface area contributed by atoms with E-state index in [0.717, 1.165) is 18.7 Å². The second-order valence-electron chi connectivity index (χ2n) is 3.33. The molecule has 0 aromatic heterocycles. The number of hydrogen-bond donors (Lipinski definition) is 1. The molecular formula is C11H16FNO. The lowest BCUT2D eigenvalue weighted by Gasteiger charge is -2.14. The van der Waals surface area contributed by atoms with Gasteiger partial charge in [-0.15, -0.1) is 0 Å². The molecule has 0 bridgehead atoms. The number of halogens is 1. The van der Waals surface area contributed by atoms with E-state index in [1.54, 1.807) is 19.2 Å². The molecule has 0 fully saturated rings. The molecule has 0 saturated carbocycles. The summed E-state index contributed by atoms with van der Waals surface area (Å²) in [5.74, 6) is -0.208. The minimum atomic E-state index is -0.208. The highest BCUT2D eigenvalue weighted by molar-refractivity contribution is 5.43. The summed E-state index contributed by atoms with van der Waals surface area (Å²) in [5, 5.41) is 3.26. The van der Waals surface area contributed by atoms with E-state index in [0.29, 0.717) is 6.04 Å². The summed E-state index contributed by atoms with van der Waals surface area (Å²) in [7, 11) is 1.69. The van der Waals surface area contributed by atoms with E-state index < -0.39 is 0 Å². The Bertz CT molecular complexity index is 260. The molecule has 0 spiro atoms. The first-order valence-electron chi connectivity index (χ1n) is 4.73. The Morgan fingerprint density at radius 2 is 2.00 bits per heavy atom. The number of ether oxygens (including phenoxy) is 1. The first kappa shape index (κ1) is 11.0. The van der Waals surface area contributed by atoms with Gasteiger partial charge in [0.25, 0.3) is 0 Å². The van der Waals surface area contributed by atoms with Gasteiger partial charge in [0.05, 0.1) is 0 Å². The minimum absolute atomic E-state index is 0.208. The summed E-state index contributed by atoms with van der Waals surface area (Å²) < 4.78 is 17.5. The van der Waals surface area contributed by atoms with E-state index in [2.05, 4.69) is 12.2 Å². The van der Waals surface area contributed by atoms with Crippen LogP contribution < -0.4 is 5.32 Å². The Labute approximate surface area is 84.1 Å². The fraction of sp³-hybridized carbons (Fsp3) is 0.455. The molecule has 0 aliphatic carbocycles. The van der Waals surface area contributed by atoms with Gasteiger partial charge in [0.15, 0.2) is 0 Å². The maximum atomic E-state index is 12.6. The lowest BCUT2D eigenvalue weighted by Crippen LogP contribution is -2.16. The van der Waals surface area contributed by atoms with Crippen molar-refractivity contribution in [1.82, 2.24) is 0 Å². The van der Waals surface area contributed by atoms with Crippen LogP contribution >= 0.6 is 0 Å². The summed E-state index contributed by atoms with van der Waals surface area (Å²) in [6.07, 6.45) is 0.938. The third-order valence-electron chi connectivity index (χ3n) is 2.01. The molecule has 0 saturated heterocycles. The van der Waals surface area contributed by atoms with Crippen LogP contribution in [-0.4, -0.2) is 19.8 Å².